The summed E-state index contributed by atoms with van der Waals surface area (Å²) >= 11 is 0. The molecule has 2 unspecified atom stereocenters. The zero-order chi connectivity index (χ0) is 23.9. The van der Waals surface area contributed by atoms with Crippen LogP contribution in [0.25, 0.3) is 0 Å². The van der Waals surface area contributed by atoms with Crippen LogP contribution in [-0.2, 0) is 16.1 Å². The van der Waals surface area contributed by atoms with Gasteiger partial charge in [-0.1, -0.05) is 30.3 Å². The number of unbranched alkanes of at least 4 members (excludes halogenated alkanes) is 1. The Kier molecular flexibility index (Phi) is 8.77. The van der Waals surface area contributed by atoms with Crippen molar-refractivity contribution >= 4 is 12.1 Å². The Labute approximate surface area is 202 Å². The van der Waals surface area contributed by atoms with Crippen molar-refractivity contribution in [1.82, 2.24) is 24.5 Å². The minimum Gasteiger partial charge on any atom is -0.480 e. The van der Waals surface area contributed by atoms with Gasteiger partial charge >= 0.3 is 12.1 Å². The molecule has 0 spiro atoms. The minimum atomic E-state index is -0.795. The van der Waals surface area contributed by atoms with Gasteiger partial charge < -0.3 is 19.6 Å². The van der Waals surface area contributed by atoms with E-state index in [0.717, 1.165) is 71.6 Å². The average molecular weight is 474 g/mol. The summed E-state index contributed by atoms with van der Waals surface area (Å²) in [5.74, 6) is -0.795. The van der Waals surface area contributed by atoms with Crippen LogP contribution in [0, 0.1) is 0 Å². The normalized spacial score (nSPS) is 25.6. The lowest BCUT2D eigenvalue weighted by molar-refractivity contribution is -0.139. The van der Waals surface area contributed by atoms with Gasteiger partial charge in [0.25, 0.3) is 0 Å². The molecule has 0 saturated carbocycles. The lowest BCUT2D eigenvalue weighted by Gasteiger charge is -2.38. The van der Waals surface area contributed by atoms with Crippen LogP contribution in [-0.4, -0.2) is 126 Å². The Hall–Kier alpha value is -2.20. The molecule has 3 heterocycles. The van der Waals surface area contributed by atoms with Crippen molar-refractivity contribution in [1.29, 1.82) is 0 Å². The second-order valence-corrected chi connectivity index (χ2v) is 9.76. The quantitative estimate of drug-likeness (QED) is 0.512. The third-order valence-corrected chi connectivity index (χ3v) is 7.40. The van der Waals surface area contributed by atoms with Gasteiger partial charge in [-0.05, 0) is 31.4 Å². The SMILES string of the molecule is CN1C(=O)OC(N2CCN(CC(=O)O)CC2)C1CCCCN1CCN(Cc2ccccc2)CC1. The lowest BCUT2D eigenvalue weighted by atomic mass is 10.1. The van der Waals surface area contributed by atoms with Crippen LogP contribution in [0.2, 0.25) is 0 Å². The lowest BCUT2D eigenvalue weighted by Crippen LogP contribution is -2.54. The van der Waals surface area contributed by atoms with Gasteiger partial charge in [-0.2, -0.15) is 0 Å². The van der Waals surface area contributed by atoms with E-state index < -0.39 is 5.97 Å². The fraction of sp³-hybridized carbons (Fsp3) is 0.680. The van der Waals surface area contributed by atoms with Gasteiger partial charge in [-0.25, -0.2) is 4.79 Å². The van der Waals surface area contributed by atoms with Gasteiger partial charge in [0.05, 0.1) is 12.6 Å². The third kappa shape index (κ3) is 6.69. The van der Waals surface area contributed by atoms with E-state index in [-0.39, 0.29) is 24.9 Å². The molecule has 1 aromatic carbocycles. The predicted octanol–water partition coefficient (Wildman–Crippen LogP) is 1.45. The second-order valence-electron chi connectivity index (χ2n) is 9.76. The highest BCUT2D eigenvalue weighted by atomic mass is 16.6. The number of amides is 1. The molecule has 188 valence electrons. The zero-order valence-corrected chi connectivity index (χ0v) is 20.3. The minimum absolute atomic E-state index is 0.0567. The Morgan fingerprint density at radius 2 is 1.59 bits per heavy atom. The summed E-state index contributed by atoms with van der Waals surface area (Å²) in [5.41, 5.74) is 1.38. The fourth-order valence-electron chi connectivity index (χ4n) is 5.31. The molecule has 4 rings (SSSR count). The molecule has 0 bridgehead atoms. The number of nitrogens with zero attached hydrogens (tertiary/aromatic N) is 5. The molecule has 0 aliphatic carbocycles. The summed E-state index contributed by atoms with van der Waals surface area (Å²) in [6.07, 6.45) is 2.63. The van der Waals surface area contributed by atoms with E-state index in [4.69, 9.17) is 9.84 Å². The number of carboxylic acid groups (broad SMARTS) is 1. The Morgan fingerprint density at radius 3 is 2.26 bits per heavy atom. The monoisotopic (exact) mass is 473 g/mol. The second kappa shape index (κ2) is 12.0. The first-order chi connectivity index (χ1) is 16.5. The summed E-state index contributed by atoms with van der Waals surface area (Å²) in [6, 6.07) is 10.7. The van der Waals surface area contributed by atoms with Gasteiger partial charge in [0.2, 0.25) is 0 Å². The van der Waals surface area contributed by atoms with Crippen molar-refractivity contribution < 1.29 is 19.4 Å². The number of hydrogen-bond acceptors (Lipinski definition) is 7. The van der Waals surface area contributed by atoms with Gasteiger partial charge in [0.15, 0.2) is 6.23 Å². The van der Waals surface area contributed by atoms with E-state index >= 15 is 0 Å². The first-order valence-electron chi connectivity index (χ1n) is 12.6. The molecule has 0 aromatic heterocycles. The van der Waals surface area contributed by atoms with Crippen LogP contribution in [0.1, 0.15) is 24.8 Å². The molecular formula is C25H39N5O4. The van der Waals surface area contributed by atoms with Crippen LogP contribution in [0.15, 0.2) is 30.3 Å². The molecule has 2 atom stereocenters. The maximum atomic E-state index is 12.3. The molecule has 0 radical (unpaired) electrons. The summed E-state index contributed by atoms with van der Waals surface area (Å²) in [6.45, 7) is 9.47. The smallest absolute Gasteiger partial charge is 0.411 e. The standard InChI is InChI=1S/C25H39N5O4/c1-26-22(24(34-25(26)33)30-17-15-29(16-18-30)20-23(31)32)9-5-6-10-27-11-13-28(14-12-27)19-21-7-3-2-4-8-21/h2-4,7-8,22,24H,5-6,9-20H2,1H3,(H,31,32). The van der Waals surface area contributed by atoms with E-state index in [1.807, 2.05) is 11.9 Å². The van der Waals surface area contributed by atoms with E-state index in [9.17, 15) is 9.59 Å². The predicted molar refractivity (Wildman–Crippen MR) is 129 cm³/mol. The summed E-state index contributed by atoms with van der Waals surface area (Å²) in [4.78, 5) is 34.2. The van der Waals surface area contributed by atoms with Gasteiger partial charge in [0, 0.05) is 66.0 Å². The van der Waals surface area contributed by atoms with Crippen molar-refractivity contribution in [2.24, 2.45) is 0 Å². The van der Waals surface area contributed by atoms with Crippen LogP contribution in [0.5, 0.6) is 0 Å². The van der Waals surface area contributed by atoms with Crippen LogP contribution in [0.4, 0.5) is 4.79 Å². The number of piperazine rings is 2. The Morgan fingerprint density at radius 1 is 0.941 bits per heavy atom. The van der Waals surface area contributed by atoms with E-state index in [0.29, 0.717) is 13.1 Å². The molecule has 1 aromatic rings. The molecule has 3 aliphatic heterocycles. The number of likely N-dealkylation sites (N-methyl/N-ethyl adjacent to an activating group) is 1. The number of hydrogen-bond donors (Lipinski definition) is 1. The van der Waals surface area contributed by atoms with E-state index in [2.05, 4.69) is 45.0 Å². The Balaban J connectivity index is 1.16. The number of benzene rings is 1. The topological polar surface area (TPSA) is 79.8 Å². The summed E-state index contributed by atoms with van der Waals surface area (Å²) in [5, 5.41) is 9.01. The van der Waals surface area contributed by atoms with Crippen molar-refractivity contribution in [2.45, 2.75) is 38.1 Å². The highest BCUT2D eigenvalue weighted by Crippen LogP contribution is 2.26. The molecule has 3 saturated heterocycles. The van der Waals surface area contributed by atoms with Crippen molar-refractivity contribution in [2.75, 3.05) is 72.5 Å². The van der Waals surface area contributed by atoms with Crippen molar-refractivity contribution in [3.8, 4) is 0 Å². The van der Waals surface area contributed by atoms with Crippen LogP contribution in [0.3, 0.4) is 0 Å². The fourth-order valence-corrected chi connectivity index (χ4v) is 5.31. The maximum absolute atomic E-state index is 12.3. The zero-order valence-electron chi connectivity index (χ0n) is 20.3. The van der Waals surface area contributed by atoms with E-state index in [1.165, 1.54) is 5.56 Å². The molecular weight excluding hydrogens is 434 g/mol. The number of carbonyl (C=O) groups is 2. The van der Waals surface area contributed by atoms with Gasteiger partial charge in [-0.3, -0.25) is 19.5 Å². The number of ether oxygens (including phenoxy) is 1. The summed E-state index contributed by atoms with van der Waals surface area (Å²) < 4.78 is 5.71. The first kappa shape index (κ1) is 24.9. The van der Waals surface area contributed by atoms with Crippen molar-refractivity contribution in [3.05, 3.63) is 35.9 Å². The molecule has 3 aliphatic rings. The molecule has 3 fully saturated rings. The highest BCUT2D eigenvalue weighted by Gasteiger charge is 2.43. The first-order valence-corrected chi connectivity index (χ1v) is 12.6. The number of aliphatic carboxylic acids is 1. The molecule has 34 heavy (non-hydrogen) atoms. The maximum Gasteiger partial charge on any atom is 0.411 e. The number of carbonyl (C=O) groups excluding carboxylic acids is 1. The number of cyclic esters (lactones) is 1. The largest absolute Gasteiger partial charge is 0.480 e. The number of rotatable bonds is 10. The number of carboxylic acids is 1. The molecule has 9 nitrogen and oxygen atoms in total. The molecule has 1 amide bonds. The highest BCUT2D eigenvalue weighted by molar-refractivity contribution is 5.70. The summed E-state index contributed by atoms with van der Waals surface area (Å²) in [7, 11) is 1.83. The average Bonchev–Trinajstić information content (AvgIpc) is 3.12. The van der Waals surface area contributed by atoms with Crippen molar-refractivity contribution in [3.63, 3.8) is 0 Å². The van der Waals surface area contributed by atoms with Gasteiger partial charge in [0.1, 0.15) is 0 Å². The van der Waals surface area contributed by atoms with E-state index in [1.54, 1.807) is 4.90 Å². The third-order valence-electron chi connectivity index (χ3n) is 7.40. The molecule has 1 N–H and O–H groups in total. The van der Waals surface area contributed by atoms with Gasteiger partial charge in [-0.15, -0.1) is 0 Å². The molecule has 9 heteroatoms. The Bertz CT molecular complexity index is 794. The van der Waals surface area contributed by atoms with Crippen LogP contribution >= 0.6 is 0 Å². The van der Waals surface area contributed by atoms with Crippen LogP contribution < -0.4 is 0 Å².